The molecule has 1 aromatic rings. The van der Waals surface area contributed by atoms with Gasteiger partial charge in [-0.25, -0.2) is 0 Å². The molecule has 2 aliphatic rings. The molecule has 0 unspecified atom stereocenters. The van der Waals surface area contributed by atoms with Crippen LogP contribution in [-0.4, -0.2) is 44.6 Å². The lowest BCUT2D eigenvalue weighted by atomic mass is 10.1. The van der Waals surface area contributed by atoms with Crippen LogP contribution >= 0.6 is 12.2 Å². The molecule has 1 amide bonds. The van der Waals surface area contributed by atoms with Crippen molar-refractivity contribution >= 4 is 23.2 Å². The minimum atomic E-state index is -0.434. The Hall–Kier alpha value is -1.46. The second kappa shape index (κ2) is 4.33. The first-order valence-corrected chi connectivity index (χ1v) is 6.41. The SMILES string of the molecule is O=C1[C@@H]2C[C@H](O)CN2C(=S)N1Cc1ccccc1. The summed E-state index contributed by atoms with van der Waals surface area (Å²) in [5, 5.41) is 10.1. The van der Waals surface area contributed by atoms with Gasteiger partial charge in [0, 0.05) is 13.0 Å². The molecule has 0 bridgehead atoms. The first-order chi connectivity index (χ1) is 8.66. The van der Waals surface area contributed by atoms with Gasteiger partial charge >= 0.3 is 0 Å². The fraction of sp³-hybridized carbons (Fsp3) is 0.385. The van der Waals surface area contributed by atoms with Crippen LogP contribution in [0.5, 0.6) is 0 Å². The van der Waals surface area contributed by atoms with Crippen molar-refractivity contribution in [2.45, 2.75) is 25.1 Å². The van der Waals surface area contributed by atoms with Crippen molar-refractivity contribution < 1.29 is 9.90 Å². The van der Waals surface area contributed by atoms with Crippen LogP contribution in [0, 0.1) is 0 Å². The molecule has 18 heavy (non-hydrogen) atoms. The van der Waals surface area contributed by atoms with Crippen molar-refractivity contribution in [3.05, 3.63) is 35.9 Å². The van der Waals surface area contributed by atoms with Crippen molar-refractivity contribution in [3.63, 3.8) is 0 Å². The second-order valence-electron chi connectivity index (χ2n) is 4.75. The van der Waals surface area contributed by atoms with Gasteiger partial charge in [-0.3, -0.25) is 9.69 Å². The summed E-state index contributed by atoms with van der Waals surface area (Å²) >= 11 is 5.33. The molecule has 0 spiro atoms. The Morgan fingerprint density at radius 2 is 2.06 bits per heavy atom. The highest BCUT2D eigenvalue weighted by Crippen LogP contribution is 2.28. The predicted molar refractivity (Wildman–Crippen MR) is 70.7 cm³/mol. The smallest absolute Gasteiger partial charge is 0.251 e. The molecule has 94 valence electrons. The number of carbonyl (C=O) groups is 1. The Balaban J connectivity index is 1.79. The molecular weight excluding hydrogens is 248 g/mol. The maximum Gasteiger partial charge on any atom is 0.251 e. The van der Waals surface area contributed by atoms with Gasteiger partial charge in [-0.15, -0.1) is 0 Å². The van der Waals surface area contributed by atoms with E-state index < -0.39 is 6.10 Å². The molecule has 2 heterocycles. The van der Waals surface area contributed by atoms with E-state index in [1.807, 2.05) is 35.2 Å². The Kier molecular flexibility index (Phi) is 2.80. The summed E-state index contributed by atoms with van der Waals surface area (Å²) in [6.45, 7) is 0.988. The average Bonchev–Trinajstić information content (AvgIpc) is 2.85. The number of benzene rings is 1. The van der Waals surface area contributed by atoms with Crippen LogP contribution in [0.4, 0.5) is 0 Å². The number of hydrogen-bond acceptors (Lipinski definition) is 3. The minimum absolute atomic E-state index is 0.0143. The zero-order chi connectivity index (χ0) is 12.7. The third-order valence-electron chi connectivity index (χ3n) is 3.49. The third-order valence-corrected chi connectivity index (χ3v) is 3.95. The molecule has 2 atom stereocenters. The Morgan fingerprint density at radius 1 is 1.33 bits per heavy atom. The number of nitrogens with zero attached hydrogens (tertiary/aromatic N) is 2. The summed E-state index contributed by atoms with van der Waals surface area (Å²) < 4.78 is 0. The first kappa shape index (κ1) is 11.6. The van der Waals surface area contributed by atoms with E-state index >= 15 is 0 Å². The molecule has 2 aliphatic heterocycles. The molecule has 0 aromatic heterocycles. The molecular formula is C13H14N2O2S. The Morgan fingerprint density at radius 3 is 2.72 bits per heavy atom. The van der Waals surface area contributed by atoms with E-state index in [2.05, 4.69) is 0 Å². The normalized spacial score (nSPS) is 26.9. The van der Waals surface area contributed by atoms with Crippen LogP contribution in [0.2, 0.25) is 0 Å². The van der Waals surface area contributed by atoms with Gasteiger partial charge in [0.1, 0.15) is 6.04 Å². The number of aliphatic hydroxyl groups is 1. The van der Waals surface area contributed by atoms with E-state index in [1.165, 1.54) is 0 Å². The summed E-state index contributed by atoms with van der Waals surface area (Å²) in [4.78, 5) is 15.7. The molecule has 2 saturated heterocycles. The van der Waals surface area contributed by atoms with Crippen molar-refractivity contribution in [3.8, 4) is 0 Å². The van der Waals surface area contributed by atoms with Crippen molar-refractivity contribution in [1.82, 2.24) is 9.80 Å². The van der Waals surface area contributed by atoms with Gasteiger partial charge in [0.05, 0.1) is 12.6 Å². The van der Waals surface area contributed by atoms with Crippen LogP contribution in [0.15, 0.2) is 30.3 Å². The van der Waals surface area contributed by atoms with E-state index in [1.54, 1.807) is 4.90 Å². The number of fused-ring (bicyclic) bond motifs is 1. The largest absolute Gasteiger partial charge is 0.391 e. The van der Waals surface area contributed by atoms with Crippen molar-refractivity contribution in [2.75, 3.05) is 6.54 Å². The van der Waals surface area contributed by atoms with Crippen LogP contribution in [-0.2, 0) is 11.3 Å². The highest BCUT2D eigenvalue weighted by Gasteiger charge is 2.47. The molecule has 4 nitrogen and oxygen atoms in total. The molecule has 1 N–H and O–H groups in total. The van der Waals surface area contributed by atoms with Crippen LogP contribution in [0.25, 0.3) is 0 Å². The first-order valence-electron chi connectivity index (χ1n) is 6.01. The number of aliphatic hydroxyl groups excluding tert-OH is 1. The zero-order valence-corrected chi connectivity index (χ0v) is 10.6. The maximum absolute atomic E-state index is 12.2. The van der Waals surface area contributed by atoms with Gasteiger partial charge in [-0.2, -0.15) is 0 Å². The number of amides is 1. The van der Waals surface area contributed by atoms with E-state index in [-0.39, 0.29) is 11.9 Å². The molecule has 5 heteroatoms. The van der Waals surface area contributed by atoms with Gasteiger partial charge in [-0.05, 0) is 17.8 Å². The van der Waals surface area contributed by atoms with Crippen molar-refractivity contribution in [1.29, 1.82) is 0 Å². The van der Waals surface area contributed by atoms with E-state index in [9.17, 15) is 9.90 Å². The standard InChI is InChI=1S/C13H14N2O2S/c16-10-6-11-12(17)15(13(18)14(11)8-10)7-9-4-2-1-3-5-9/h1-5,10-11,16H,6-8H2/t10-,11-/m0/s1. The lowest BCUT2D eigenvalue weighted by Gasteiger charge is -2.19. The second-order valence-corrected chi connectivity index (χ2v) is 5.12. The predicted octanol–water partition coefficient (Wildman–Crippen LogP) is 0.749. The lowest BCUT2D eigenvalue weighted by Crippen LogP contribution is -2.34. The molecule has 3 rings (SSSR count). The van der Waals surface area contributed by atoms with Gasteiger partial charge in [0.2, 0.25) is 0 Å². The van der Waals surface area contributed by atoms with Crippen molar-refractivity contribution in [2.24, 2.45) is 0 Å². The summed E-state index contributed by atoms with van der Waals surface area (Å²) in [6, 6.07) is 9.55. The molecule has 2 fully saturated rings. The highest BCUT2D eigenvalue weighted by molar-refractivity contribution is 7.80. The average molecular weight is 262 g/mol. The van der Waals surface area contributed by atoms with E-state index in [0.717, 1.165) is 5.56 Å². The molecule has 0 radical (unpaired) electrons. The monoisotopic (exact) mass is 262 g/mol. The van der Waals surface area contributed by atoms with Crippen LogP contribution < -0.4 is 0 Å². The minimum Gasteiger partial charge on any atom is -0.391 e. The third kappa shape index (κ3) is 1.79. The zero-order valence-electron chi connectivity index (χ0n) is 9.82. The van der Waals surface area contributed by atoms with E-state index in [0.29, 0.717) is 24.6 Å². The molecule has 0 aliphatic carbocycles. The maximum atomic E-state index is 12.2. The number of hydrogen-bond donors (Lipinski definition) is 1. The number of carbonyl (C=O) groups excluding carboxylic acids is 1. The fourth-order valence-corrected chi connectivity index (χ4v) is 2.96. The fourth-order valence-electron chi connectivity index (χ4n) is 2.60. The lowest BCUT2D eigenvalue weighted by molar-refractivity contribution is -0.128. The van der Waals surface area contributed by atoms with E-state index in [4.69, 9.17) is 12.2 Å². The Bertz CT molecular complexity index is 467. The van der Waals surface area contributed by atoms with Gasteiger partial charge in [0.15, 0.2) is 5.11 Å². The number of rotatable bonds is 2. The summed E-state index contributed by atoms with van der Waals surface area (Å²) in [6.07, 6.45) is 0.0559. The quantitative estimate of drug-likeness (QED) is 0.799. The highest BCUT2D eigenvalue weighted by atomic mass is 32.1. The van der Waals surface area contributed by atoms with Gasteiger partial charge < -0.3 is 10.0 Å². The number of thiocarbonyl (C=S) groups is 1. The summed E-state index contributed by atoms with van der Waals surface area (Å²) in [5.74, 6) is 0.0143. The van der Waals surface area contributed by atoms with Gasteiger partial charge in [-0.1, -0.05) is 30.3 Å². The Labute approximate surface area is 111 Å². The van der Waals surface area contributed by atoms with Crippen LogP contribution in [0.3, 0.4) is 0 Å². The summed E-state index contributed by atoms with van der Waals surface area (Å²) in [5.41, 5.74) is 1.06. The van der Waals surface area contributed by atoms with Gasteiger partial charge in [0.25, 0.3) is 5.91 Å². The molecule has 0 saturated carbocycles. The molecule has 1 aromatic carbocycles. The summed E-state index contributed by atoms with van der Waals surface area (Å²) in [7, 11) is 0. The topological polar surface area (TPSA) is 43.8 Å². The van der Waals surface area contributed by atoms with Crippen LogP contribution in [0.1, 0.15) is 12.0 Å².